The molecule has 0 saturated carbocycles. The quantitative estimate of drug-likeness (QED) is 0.489. The maximum absolute atomic E-state index is 10.4. The van der Waals surface area contributed by atoms with Crippen LogP contribution in [0.5, 0.6) is 0 Å². The van der Waals surface area contributed by atoms with Gasteiger partial charge in [0.1, 0.15) is 0 Å². The maximum atomic E-state index is 10.4. The van der Waals surface area contributed by atoms with Gasteiger partial charge in [0, 0.05) is 6.54 Å². The highest BCUT2D eigenvalue weighted by molar-refractivity contribution is 7.87. The van der Waals surface area contributed by atoms with Crippen LogP contribution in [0, 0.1) is 5.92 Å². The minimum atomic E-state index is -3.52. The van der Waals surface area contributed by atoms with Crippen LogP contribution in [0.3, 0.4) is 0 Å². The van der Waals surface area contributed by atoms with E-state index in [-0.39, 0.29) is 5.92 Å². The van der Waals surface area contributed by atoms with E-state index in [0.717, 1.165) is 6.54 Å². The SMILES string of the molecule is CNCC(C)CNS(N)(=O)=O. The highest BCUT2D eigenvalue weighted by Crippen LogP contribution is 1.88. The van der Waals surface area contributed by atoms with Crippen molar-refractivity contribution in [2.24, 2.45) is 11.1 Å². The summed E-state index contributed by atoms with van der Waals surface area (Å²) in [7, 11) is -1.70. The normalized spacial score (nSPS) is 14.8. The number of nitrogens with two attached hydrogens (primary N) is 1. The topological polar surface area (TPSA) is 84.2 Å². The first-order chi connectivity index (χ1) is 4.95. The fraction of sp³-hybridized carbons (Fsp3) is 1.00. The zero-order valence-corrected chi connectivity index (χ0v) is 7.61. The molecule has 0 aromatic heterocycles. The highest BCUT2D eigenvalue weighted by Gasteiger charge is 2.04. The minimum Gasteiger partial charge on any atom is -0.319 e. The second-order valence-corrected chi connectivity index (χ2v) is 3.94. The first-order valence-corrected chi connectivity index (χ1v) is 4.92. The molecule has 0 aromatic carbocycles. The molecule has 0 rings (SSSR count). The van der Waals surface area contributed by atoms with Gasteiger partial charge in [0.05, 0.1) is 0 Å². The molecule has 0 amide bonds. The average Bonchev–Trinajstić information content (AvgIpc) is 1.83. The average molecular weight is 181 g/mol. The van der Waals surface area contributed by atoms with Gasteiger partial charge < -0.3 is 5.32 Å². The predicted molar refractivity (Wildman–Crippen MR) is 44.2 cm³/mol. The van der Waals surface area contributed by atoms with E-state index in [1.54, 1.807) is 0 Å². The van der Waals surface area contributed by atoms with Crippen molar-refractivity contribution in [2.75, 3.05) is 20.1 Å². The molecule has 0 spiro atoms. The number of rotatable bonds is 5. The Morgan fingerprint density at radius 2 is 2.00 bits per heavy atom. The minimum absolute atomic E-state index is 0.248. The van der Waals surface area contributed by atoms with E-state index in [2.05, 4.69) is 10.0 Å². The molecule has 0 radical (unpaired) electrons. The van der Waals surface area contributed by atoms with Crippen molar-refractivity contribution >= 4 is 10.2 Å². The molecule has 0 bridgehead atoms. The van der Waals surface area contributed by atoms with Crippen LogP contribution in [0.1, 0.15) is 6.92 Å². The van der Waals surface area contributed by atoms with Gasteiger partial charge in [0.15, 0.2) is 0 Å². The zero-order valence-electron chi connectivity index (χ0n) is 6.79. The third-order valence-electron chi connectivity index (χ3n) is 1.19. The molecular weight excluding hydrogens is 166 g/mol. The molecule has 68 valence electrons. The van der Waals surface area contributed by atoms with Gasteiger partial charge in [0.2, 0.25) is 0 Å². The third kappa shape index (κ3) is 7.73. The summed E-state index contributed by atoms with van der Waals surface area (Å²) in [5.41, 5.74) is 0. The van der Waals surface area contributed by atoms with Gasteiger partial charge in [0.25, 0.3) is 10.2 Å². The van der Waals surface area contributed by atoms with Gasteiger partial charge in [-0.15, -0.1) is 0 Å². The lowest BCUT2D eigenvalue weighted by Crippen LogP contribution is -2.36. The molecule has 11 heavy (non-hydrogen) atoms. The molecule has 1 atom stereocenters. The Kier molecular flexibility index (Phi) is 4.58. The first-order valence-electron chi connectivity index (χ1n) is 3.37. The molecule has 6 heteroatoms. The van der Waals surface area contributed by atoms with Gasteiger partial charge in [-0.05, 0) is 19.5 Å². The van der Waals surface area contributed by atoms with Crippen molar-refractivity contribution in [3.8, 4) is 0 Å². The molecule has 0 fully saturated rings. The molecule has 5 nitrogen and oxygen atoms in total. The fourth-order valence-corrected chi connectivity index (χ4v) is 1.20. The smallest absolute Gasteiger partial charge is 0.274 e. The lowest BCUT2D eigenvalue weighted by atomic mass is 10.2. The Morgan fingerprint density at radius 1 is 1.45 bits per heavy atom. The van der Waals surface area contributed by atoms with Gasteiger partial charge in [-0.3, -0.25) is 0 Å². The summed E-state index contributed by atoms with van der Waals surface area (Å²) in [4.78, 5) is 0. The van der Waals surface area contributed by atoms with Crippen LogP contribution in [0.2, 0.25) is 0 Å². The summed E-state index contributed by atoms with van der Waals surface area (Å²) in [6.07, 6.45) is 0. The molecule has 0 aliphatic rings. The van der Waals surface area contributed by atoms with Crippen LogP contribution in [0.25, 0.3) is 0 Å². The Morgan fingerprint density at radius 3 is 2.36 bits per heavy atom. The Bertz CT molecular complexity index is 190. The number of hydrogen-bond acceptors (Lipinski definition) is 3. The summed E-state index contributed by atoms with van der Waals surface area (Å²) in [6.45, 7) is 3.07. The van der Waals surface area contributed by atoms with Crippen LogP contribution < -0.4 is 15.2 Å². The van der Waals surface area contributed by atoms with E-state index in [0.29, 0.717) is 6.54 Å². The van der Waals surface area contributed by atoms with E-state index < -0.39 is 10.2 Å². The molecule has 4 N–H and O–H groups in total. The first kappa shape index (κ1) is 10.8. The standard InChI is InChI=1S/C5H15N3O2S/c1-5(3-7-2)4-8-11(6,9)10/h5,7-8H,3-4H2,1-2H3,(H2,6,9,10). The van der Waals surface area contributed by atoms with E-state index >= 15 is 0 Å². The molecule has 0 aliphatic carbocycles. The van der Waals surface area contributed by atoms with Crippen LogP contribution in [0.4, 0.5) is 0 Å². The summed E-state index contributed by atoms with van der Waals surface area (Å²) in [5, 5.41) is 7.65. The lowest BCUT2D eigenvalue weighted by Gasteiger charge is -2.09. The lowest BCUT2D eigenvalue weighted by molar-refractivity contribution is 0.519. The largest absolute Gasteiger partial charge is 0.319 e. The van der Waals surface area contributed by atoms with Crippen molar-refractivity contribution in [1.82, 2.24) is 10.0 Å². The highest BCUT2D eigenvalue weighted by atomic mass is 32.2. The number of hydrogen-bond donors (Lipinski definition) is 3. The van der Waals surface area contributed by atoms with Crippen LogP contribution in [-0.2, 0) is 10.2 Å². The van der Waals surface area contributed by atoms with Crippen molar-refractivity contribution in [3.05, 3.63) is 0 Å². The Labute approximate surface area is 67.5 Å². The van der Waals surface area contributed by atoms with Crippen molar-refractivity contribution in [2.45, 2.75) is 6.92 Å². The molecule has 1 unspecified atom stereocenters. The summed E-state index contributed by atoms with van der Waals surface area (Å²) < 4.78 is 23.0. The van der Waals surface area contributed by atoms with Crippen LogP contribution in [0.15, 0.2) is 0 Å². The Hall–Kier alpha value is -0.170. The van der Waals surface area contributed by atoms with Gasteiger partial charge in [-0.1, -0.05) is 6.92 Å². The molecule has 0 heterocycles. The van der Waals surface area contributed by atoms with E-state index in [1.807, 2.05) is 14.0 Å². The molecule has 0 aliphatic heterocycles. The van der Waals surface area contributed by atoms with E-state index in [4.69, 9.17) is 5.14 Å². The van der Waals surface area contributed by atoms with Crippen molar-refractivity contribution in [1.29, 1.82) is 0 Å². The van der Waals surface area contributed by atoms with Crippen LogP contribution >= 0.6 is 0 Å². The summed E-state index contributed by atoms with van der Waals surface area (Å²) >= 11 is 0. The number of nitrogens with one attached hydrogen (secondary N) is 2. The zero-order chi connectivity index (χ0) is 8.91. The fourth-order valence-electron chi connectivity index (χ4n) is 0.679. The third-order valence-corrected chi connectivity index (χ3v) is 1.75. The summed E-state index contributed by atoms with van der Waals surface area (Å²) in [6, 6.07) is 0. The van der Waals surface area contributed by atoms with Gasteiger partial charge in [-0.2, -0.15) is 8.42 Å². The molecular formula is C5H15N3O2S. The van der Waals surface area contributed by atoms with Crippen LogP contribution in [-0.4, -0.2) is 28.6 Å². The van der Waals surface area contributed by atoms with Crippen molar-refractivity contribution < 1.29 is 8.42 Å². The molecule has 0 saturated heterocycles. The Balaban J connectivity index is 3.54. The van der Waals surface area contributed by atoms with Gasteiger partial charge in [-0.25, -0.2) is 9.86 Å². The van der Waals surface area contributed by atoms with E-state index in [1.165, 1.54) is 0 Å². The molecule has 0 aromatic rings. The van der Waals surface area contributed by atoms with Gasteiger partial charge >= 0.3 is 0 Å². The predicted octanol–water partition coefficient (Wildman–Crippen LogP) is -1.36. The second-order valence-electron chi connectivity index (χ2n) is 2.56. The monoisotopic (exact) mass is 181 g/mol. The summed E-state index contributed by atoms with van der Waals surface area (Å²) in [5.74, 6) is 0.248. The second kappa shape index (κ2) is 4.66. The van der Waals surface area contributed by atoms with E-state index in [9.17, 15) is 8.42 Å². The van der Waals surface area contributed by atoms with Crippen molar-refractivity contribution in [3.63, 3.8) is 0 Å². The maximum Gasteiger partial charge on any atom is 0.274 e.